The third-order valence-electron chi connectivity index (χ3n) is 5.80. The number of ether oxygens (including phenoxy) is 1. The third kappa shape index (κ3) is 3.71. The van der Waals surface area contributed by atoms with E-state index in [9.17, 15) is 9.18 Å². The van der Waals surface area contributed by atoms with Gasteiger partial charge < -0.3 is 9.64 Å². The van der Waals surface area contributed by atoms with Crippen LogP contribution in [0.1, 0.15) is 31.2 Å². The molecule has 1 atom stereocenters. The van der Waals surface area contributed by atoms with E-state index in [1.165, 1.54) is 12.1 Å². The van der Waals surface area contributed by atoms with Crippen molar-refractivity contribution < 1.29 is 13.9 Å². The van der Waals surface area contributed by atoms with Crippen molar-refractivity contribution >= 4 is 11.6 Å². The van der Waals surface area contributed by atoms with Crippen molar-refractivity contribution in [1.29, 1.82) is 0 Å². The fourth-order valence-electron chi connectivity index (χ4n) is 4.47. The molecule has 4 rings (SSSR count). The Hall–Kier alpha value is -2.54. The minimum absolute atomic E-state index is 0.168. The molecule has 2 saturated heterocycles. The van der Waals surface area contributed by atoms with E-state index in [0.717, 1.165) is 56.6 Å². The number of rotatable bonds is 4. The van der Waals surface area contributed by atoms with Crippen LogP contribution >= 0.6 is 0 Å². The highest BCUT2D eigenvalue weighted by molar-refractivity contribution is 5.98. The standard InChI is InChI=1S/C21H25FN4O2/c1-28-20-23-12-16(13-24-20)14-25-10-2-8-21(15-25)9-3-11-26(19(21)27)18-6-4-17(22)5-7-18/h4-7,12-13H,2-3,8-11,14-15H2,1H3. The highest BCUT2D eigenvalue weighted by atomic mass is 19.1. The summed E-state index contributed by atoms with van der Waals surface area (Å²) < 4.78 is 18.3. The molecule has 2 aliphatic rings. The van der Waals surface area contributed by atoms with Crippen LogP contribution in [0, 0.1) is 11.2 Å². The fraction of sp³-hybridized carbons (Fsp3) is 0.476. The summed E-state index contributed by atoms with van der Waals surface area (Å²) in [7, 11) is 1.55. The summed E-state index contributed by atoms with van der Waals surface area (Å²) in [5, 5.41) is 0. The molecule has 7 heteroatoms. The van der Waals surface area contributed by atoms with Crippen molar-refractivity contribution in [3.05, 3.63) is 48.0 Å². The van der Waals surface area contributed by atoms with Crippen molar-refractivity contribution in [2.24, 2.45) is 5.41 Å². The molecule has 1 spiro atoms. The van der Waals surface area contributed by atoms with Crippen molar-refractivity contribution in [3.63, 3.8) is 0 Å². The van der Waals surface area contributed by atoms with Gasteiger partial charge in [0.1, 0.15) is 5.82 Å². The summed E-state index contributed by atoms with van der Waals surface area (Å²) in [5.74, 6) is -0.116. The summed E-state index contributed by atoms with van der Waals surface area (Å²) >= 11 is 0. The largest absolute Gasteiger partial charge is 0.467 e. The van der Waals surface area contributed by atoms with Crippen molar-refractivity contribution in [1.82, 2.24) is 14.9 Å². The molecule has 1 amide bonds. The lowest BCUT2D eigenvalue weighted by atomic mass is 9.72. The lowest BCUT2D eigenvalue weighted by Gasteiger charge is -2.47. The molecule has 3 heterocycles. The maximum atomic E-state index is 13.4. The van der Waals surface area contributed by atoms with Crippen LogP contribution in [0.4, 0.5) is 10.1 Å². The van der Waals surface area contributed by atoms with Gasteiger partial charge in [0.2, 0.25) is 5.91 Å². The first-order valence-electron chi connectivity index (χ1n) is 9.74. The minimum atomic E-state index is -0.363. The Morgan fingerprint density at radius 3 is 2.46 bits per heavy atom. The molecule has 28 heavy (non-hydrogen) atoms. The molecule has 6 nitrogen and oxygen atoms in total. The zero-order valence-electron chi connectivity index (χ0n) is 16.1. The summed E-state index contributed by atoms with van der Waals surface area (Å²) in [4.78, 5) is 25.9. The van der Waals surface area contributed by atoms with Crippen LogP contribution in [0.15, 0.2) is 36.7 Å². The number of nitrogens with zero attached hydrogens (tertiary/aromatic N) is 4. The Balaban J connectivity index is 1.49. The molecular formula is C21H25FN4O2. The highest BCUT2D eigenvalue weighted by Gasteiger charge is 2.46. The zero-order valence-corrected chi connectivity index (χ0v) is 16.1. The van der Waals surface area contributed by atoms with Gasteiger partial charge in [-0.25, -0.2) is 14.4 Å². The van der Waals surface area contributed by atoms with Gasteiger partial charge in [0, 0.05) is 43.3 Å². The molecule has 2 aliphatic heterocycles. The fourth-order valence-corrected chi connectivity index (χ4v) is 4.47. The van der Waals surface area contributed by atoms with Crippen molar-refractivity contribution in [2.75, 3.05) is 31.6 Å². The number of aromatic nitrogens is 2. The second-order valence-corrected chi connectivity index (χ2v) is 7.71. The maximum Gasteiger partial charge on any atom is 0.316 e. The number of carbonyl (C=O) groups excluding carboxylic acids is 1. The lowest BCUT2D eigenvalue weighted by molar-refractivity contribution is -0.134. The smallest absolute Gasteiger partial charge is 0.316 e. The van der Waals surface area contributed by atoms with E-state index in [2.05, 4.69) is 14.9 Å². The normalized spacial score (nSPS) is 23.2. The van der Waals surface area contributed by atoms with E-state index in [-0.39, 0.29) is 17.1 Å². The van der Waals surface area contributed by atoms with Gasteiger partial charge in [-0.1, -0.05) is 0 Å². The predicted octanol–water partition coefficient (Wildman–Crippen LogP) is 3.03. The van der Waals surface area contributed by atoms with Crippen LogP contribution in [0.3, 0.4) is 0 Å². The quantitative estimate of drug-likeness (QED) is 0.811. The van der Waals surface area contributed by atoms with E-state index in [1.807, 2.05) is 4.90 Å². The molecule has 0 aliphatic carbocycles. The Kier molecular flexibility index (Phi) is 5.26. The van der Waals surface area contributed by atoms with Crippen LogP contribution in [-0.2, 0) is 11.3 Å². The average Bonchev–Trinajstić information content (AvgIpc) is 2.72. The van der Waals surface area contributed by atoms with Crippen LogP contribution in [0.2, 0.25) is 0 Å². The monoisotopic (exact) mass is 384 g/mol. The van der Waals surface area contributed by atoms with Crippen molar-refractivity contribution in [3.8, 4) is 6.01 Å². The first-order valence-corrected chi connectivity index (χ1v) is 9.74. The summed E-state index contributed by atoms with van der Waals surface area (Å²) in [6.45, 7) is 3.10. The number of anilines is 1. The van der Waals surface area contributed by atoms with Gasteiger partial charge in [-0.3, -0.25) is 9.69 Å². The Morgan fingerprint density at radius 1 is 1.11 bits per heavy atom. The molecule has 1 unspecified atom stereocenters. The van der Waals surface area contributed by atoms with E-state index in [1.54, 1.807) is 31.6 Å². The number of hydrogen-bond acceptors (Lipinski definition) is 5. The van der Waals surface area contributed by atoms with Crippen molar-refractivity contribution in [2.45, 2.75) is 32.2 Å². The highest BCUT2D eigenvalue weighted by Crippen LogP contribution is 2.41. The number of amides is 1. The molecule has 0 N–H and O–H groups in total. The topological polar surface area (TPSA) is 58.6 Å². The van der Waals surface area contributed by atoms with Crippen LogP contribution in [-0.4, -0.2) is 47.5 Å². The Labute approximate surface area is 164 Å². The van der Waals surface area contributed by atoms with Gasteiger partial charge in [-0.05, 0) is 56.5 Å². The number of halogens is 1. The number of hydrogen-bond donors (Lipinski definition) is 0. The molecule has 2 fully saturated rings. The molecular weight excluding hydrogens is 359 g/mol. The first kappa shape index (κ1) is 18.8. The van der Waals surface area contributed by atoms with Crippen LogP contribution in [0.25, 0.3) is 0 Å². The van der Waals surface area contributed by atoms with E-state index in [4.69, 9.17) is 4.74 Å². The van der Waals surface area contributed by atoms with Gasteiger partial charge in [0.25, 0.3) is 0 Å². The average molecular weight is 384 g/mol. The van der Waals surface area contributed by atoms with Crippen LogP contribution in [0.5, 0.6) is 6.01 Å². The zero-order chi connectivity index (χ0) is 19.6. The van der Waals surface area contributed by atoms with Gasteiger partial charge in [-0.2, -0.15) is 0 Å². The number of piperidine rings is 2. The summed E-state index contributed by atoms with van der Waals surface area (Å²) in [6.07, 6.45) is 7.31. The van der Waals surface area contributed by atoms with Gasteiger partial charge >= 0.3 is 6.01 Å². The summed E-state index contributed by atoms with van der Waals surface area (Å²) in [5.41, 5.74) is 1.43. The van der Waals surface area contributed by atoms with E-state index in [0.29, 0.717) is 12.6 Å². The Bertz CT molecular complexity index is 823. The van der Waals surface area contributed by atoms with Crippen LogP contribution < -0.4 is 9.64 Å². The second-order valence-electron chi connectivity index (χ2n) is 7.71. The molecule has 1 aromatic carbocycles. The molecule has 0 radical (unpaired) electrons. The second kappa shape index (κ2) is 7.83. The maximum absolute atomic E-state index is 13.4. The van der Waals surface area contributed by atoms with Gasteiger partial charge in [0.15, 0.2) is 0 Å². The first-order chi connectivity index (χ1) is 13.6. The molecule has 2 aromatic rings. The SMILES string of the molecule is COc1ncc(CN2CCCC3(CCCN(c4ccc(F)cc4)C3=O)C2)cn1. The molecule has 1 aromatic heterocycles. The number of carbonyl (C=O) groups is 1. The number of benzene rings is 1. The molecule has 148 valence electrons. The van der Waals surface area contributed by atoms with E-state index >= 15 is 0 Å². The number of likely N-dealkylation sites (tertiary alicyclic amines) is 1. The molecule has 0 saturated carbocycles. The lowest BCUT2D eigenvalue weighted by Crippen LogP contribution is -2.56. The third-order valence-corrected chi connectivity index (χ3v) is 5.80. The summed E-state index contributed by atoms with van der Waals surface area (Å²) in [6, 6.07) is 6.58. The predicted molar refractivity (Wildman–Crippen MR) is 104 cm³/mol. The minimum Gasteiger partial charge on any atom is -0.467 e. The van der Waals surface area contributed by atoms with E-state index < -0.39 is 0 Å². The Morgan fingerprint density at radius 2 is 1.79 bits per heavy atom. The van der Waals surface area contributed by atoms with Gasteiger partial charge in [-0.15, -0.1) is 0 Å². The molecule has 0 bridgehead atoms. The van der Waals surface area contributed by atoms with Gasteiger partial charge in [0.05, 0.1) is 12.5 Å². The number of methoxy groups -OCH3 is 1.